The first-order valence-corrected chi connectivity index (χ1v) is 31.0. The van der Waals surface area contributed by atoms with Crippen molar-refractivity contribution >= 4 is 13.8 Å². The minimum Gasteiger partial charge on any atom is -0.457 e. The standard InChI is InChI=1S/C57H115O9P/c1-3-5-7-9-11-13-15-17-19-21-23-24-25-26-27-28-29-30-31-32-33-35-37-39-41-43-45-47-49-57(60)66-56(54-65-67(61,62)64-52-55(59)51-58)53-63-50-48-46-44-42-40-38-36-34-22-20-18-16-14-12-10-8-6-4-2/h55-56,58-59H,3-54H2,1-2H3,(H,61,62)/t55-,56+/m0/s1. The second-order valence-corrected chi connectivity index (χ2v) is 21.8. The van der Waals surface area contributed by atoms with Crippen LogP contribution in [-0.2, 0) is 27.9 Å². The zero-order valence-corrected chi connectivity index (χ0v) is 45.6. The summed E-state index contributed by atoms with van der Waals surface area (Å²) in [4.78, 5) is 22.8. The number of phosphoric ester groups is 1. The van der Waals surface area contributed by atoms with Crippen LogP contribution in [-0.4, -0.2) is 66.3 Å². The van der Waals surface area contributed by atoms with Gasteiger partial charge in [-0.2, -0.15) is 0 Å². The molecule has 0 aliphatic heterocycles. The van der Waals surface area contributed by atoms with E-state index in [2.05, 4.69) is 13.8 Å². The van der Waals surface area contributed by atoms with E-state index < -0.39 is 33.2 Å². The van der Waals surface area contributed by atoms with Gasteiger partial charge in [0.1, 0.15) is 12.2 Å². The number of hydrogen-bond donors (Lipinski definition) is 3. The number of phosphoric acid groups is 1. The number of esters is 1. The van der Waals surface area contributed by atoms with Crippen molar-refractivity contribution in [2.24, 2.45) is 0 Å². The molecule has 67 heavy (non-hydrogen) atoms. The second kappa shape index (κ2) is 54.8. The minimum absolute atomic E-state index is 0.0591. The molecule has 0 aliphatic carbocycles. The van der Waals surface area contributed by atoms with Crippen molar-refractivity contribution in [3.05, 3.63) is 0 Å². The lowest BCUT2D eigenvalue weighted by Gasteiger charge is -2.20. The van der Waals surface area contributed by atoms with E-state index in [1.54, 1.807) is 0 Å². The molecular formula is C57H115O9P. The monoisotopic (exact) mass is 975 g/mol. The summed E-state index contributed by atoms with van der Waals surface area (Å²) in [6, 6.07) is 0. The molecular weight excluding hydrogens is 860 g/mol. The zero-order valence-electron chi connectivity index (χ0n) is 44.7. The predicted molar refractivity (Wildman–Crippen MR) is 284 cm³/mol. The van der Waals surface area contributed by atoms with Crippen LogP contribution >= 0.6 is 7.82 Å². The maximum Gasteiger partial charge on any atom is 0.472 e. The van der Waals surface area contributed by atoms with Crippen LogP contribution in [0.4, 0.5) is 0 Å². The molecule has 0 fully saturated rings. The maximum absolute atomic E-state index is 12.7. The van der Waals surface area contributed by atoms with Gasteiger partial charge in [-0.05, 0) is 12.8 Å². The number of hydrogen-bond acceptors (Lipinski definition) is 8. The first-order valence-electron chi connectivity index (χ1n) is 29.5. The van der Waals surface area contributed by atoms with Crippen LogP contribution in [0.25, 0.3) is 0 Å². The maximum atomic E-state index is 12.7. The molecule has 0 rings (SSSR count). The van der Waals surface area contributed by atoms with Crippen LogP contribution in [0.3, 0.4) is 0 Å². The Hall–Kier alpha value is -0.540. The van der Waals surface area contributed by atoms with E-state index in [9.17, 15) is 19.4 Å². The first kappa shape index (κ1) is 66.5. The van der Waals surface area contributed by atoms with Gasteiger partial charge in [-0.3, -0.25) is 13.8 Å². The van der Waals surface area contributed by atoms with Crippen LogP contribution in [0.15, 0.2) is 0 Å². The highest BCUT2D eigenvalue weighted by Crippen LogP contribution is 2.43. The van der Waals surface area contributed by atoms with Crippen molar-refractivity contribution in [3.8, 4) is 0 Å². The van der Waals surface area contributed by atoms with Crippen LogP contribution in [0, 0.1) is 0 Å². The lowest BCUT2D eigenvalue weighted by atomic mass is 10.0. The summed E-state index contributed by atoms with van der Waals surface area (Å²) in [6.07, 6.45) is 59.5. The molecule has 0 heterocycles. The van der Waals surface area contributed by atoms with Gasteiger partial charge in [0.05, 0.1) is 26.4 Å². The summed E-state index contributed by atoms with van der Waals surface area (Å²) in [6.45, 7) is 3.62. The highest BCUT2D eigenvalue weighted by Gasteiger charge is 2.26. The van der Waals surface area contributed by atoms with E-state index in [4.69, 9.17) is 23.6 Å². The Bertz CT molecular complexity index is 1020. The van der Waals surface area contributed by atoms with Gasteiger partial charge in [0.2, 0.25) is 0 Å². The average molecular weight is 976 g/mol. The normalized spacial score (nSPS) is 13.6. The molecule has 402 valence electrons. The molecule has 3 N–H and O–H groups in total. The van der Waals surface area contributed by atoms with Gasteiger partial charge >= 0.3 is 13.8 Å². The van der Waals surface area contributed by atoms with Crippen molar-refractivity contribution in [1.82, 2.24) is 0 Å². The van der Waals surface area contributed by atoms with Gasteiger partial charge in [0.25, 0.3) is 0 Å². The Morgan fingerprint density at radius 2 is 0.672 bits per heavy atom. The molecule has 0 amide bonds. The van der Waals surface area contributed by atoms with E-state index >= 15 is 0 Å². The molecule has 0 spiro atoms. The lowest BCUT2D eigenvalue weighted by Crippen LogP contribution is -2.29. The van der Waals surface area contributed by atoms with Crippen molar-refractivity contribution in [2.45, 2.75) is 328 Å². The Morgan fingerprint density at radius 1 is 0.403 bits per heavy atom. The number of carbonyl (C=O) groups is 1. The van der Waals surface area contributed by atoms with Crippen molar-refractivity contribution < 1.29 is 43.0 Å². The van der Waals surface area contributed by atoms with Crippen molar-refractivity contribution in [3.63, 3.8) is 0 Å². The molecule has 0 saturated carbocycles. The van der Waals surface area contributed by atoms with E-state index in [1.165, 1.54) is 263 Å². The Morgan fingerprint density at radius 3 is 0.970 bits per heavy atom. The third-order valence-electron chi connectivity index (χ3n) is 13.5. The lowest BCUT2D eigenvalue weighted by molar-refractivity contribution is -0.154. The van der Waals surface area contributed by atoms with E-state index in [0.717, 1.165) is 32.1 Å². The van der Waals surface area contributed by atoms with Crippen molar-refractivity contribution in [2.75, 3.05) is 33.0 Å². The quantitative estimate of drug-likeness (QED) is 0.0310. The largest absolute Gasteiger partial charge is 0.472 e. The van der Waals surface area contributed by atoms with Gasteiger partial charge in [-0.15, -0.1) is 0 Å². The van der Waals surface area contributed by atoms with Crippen molar-refractivity contribution in [1.29, 1.82) is 0 Å². The summed E-state index contributed by atoms with van der Waals surface area (Å²) < 4.78 is 33.6. The molecule has 0 aliphatic rings. The third kappa shape index (κ3) is 54.6. The first-order chi connectivity index (χ1) is 32.8. The zero-order chi connectivity index (χ0) is 48.8. The molecule has 9 nitrogen and oxygen atoms in total. The molecule has 10 heteroatoms. The number of carbonyl (C=O) groups excluding carboxylic acids is 1. The fraction of sp³-hybridized carbons (Fsp3) is 0.982. The molecule has 0 aromatic carbocycles. The molecule has 0 aromatic heterocycles. The van der Waals surface area contributed by atoms with Gasteiger partial charge in [-0.1, -0.05) is 296 Å². The molecule has 0 saturated heterocycles. The van der Waals surface area contributed by atoms with Crippen LogP contribution in [0.5, 0.6) is 0 Å². The third-order valence-corrected chi connectivity index (χ3v) is 14.5. The number of ether oxygens (including phenoxy) is 2. The van der Waals surface area contributed by atoms with E-state index in [0.29, 0.717) is 6.61 Å². The Kier molecular flexibility index (Phi) is 54.3. The van der Waals surface area contributed by atoms with Gasteiger partial charge in [-0.25, -0.2) is 4.57 Å². The summed E-state index contributed by atoms with van der Waals surface area (Å²) in [5.41, 5.74) is 0. The summed E-state index contributed by atoms with van der Waals surface area (Å²) in [5.74, 6) is -0.371. The Labute approximate surface area is 416 Å². The number of unbranched alkanes of at least 4 members (excludes halogenated alkanes) is 44. The van der Waals surface area contributed by atoms with E-state index in [-0.39, 0.29) is 25.6 Å². The number of aliphatic hydroxyl groups is 2. The Balaban J connectivity index is 3.89. The van der Waals surface area contributed by atoms with Gasteiger partial charge in [0.15, 0.2) is 0 Å². The second-order valence-electron chi connectivity index (χ2n) is 20.4. The molecule has 0 bridgehead atoms. The summed E-state index contributed by atoms with van der Waals surface area (Å²) in [7, 11) is -4.52. The fourth-order valence-corrected chi connectivity index (χ4v) is 9.86. The summed E-state index contributed by atoms with van der Waals surface area (Å²) >= 11 is 0. The van der Waals surface area contributed by atoms with Gasteiger partial charge in [0, 0.05) is 13.0 Å². The average Bonchev–Trinajstić information content (AvgIpc) is 3.32. The molecule has 0 aromatic rings. The van der Waals surface area contributed by atoms with Crippen LogP contribution in [0.2, 0.25) is 0 Å². The minimum atomic E-state index is -4.52. The fourth-order valence-electron chi connectivity index (χ4n) is 9.07. The highest BCUT2D eigenvalue weighted by atomic mass is 31.2. The molecule has 1 unspecified atom stereocenters. The van der Waals surface area contributed by atoms with Gasteiger partial charge < -0.3 is 24.6 Å². The number of rotatable bonds is 58. The molecule has 0 radical (unpaired) electrons. The summed E-state index contributed by atoms with van der Waals surface area (Å²) in [5, 5.41) is 18.5. The number of aliphatic hydroxyl groups excluding tert-OH is 2. The topological polar surface area (TPSA) is 132 Å². The SMILES string of the molecule is CCCCCCCCCCCCCCCCCCCCCCCCCCCCCCC(=O)O[C@H](COCCCCCCCCCCCCCCCCCCCC)COP(=O)(O)OC[C@@H](O)CO. The van der Waals surface area contributed by atoms with Crippen LogP contribution in [0.1, 0.15) is 316 Å². The molecule has 3 atom stereocenters. The predicted octanol–water partition coefficient (Wildman–Crippen LogP) is 17.8. The van der Waals surface area contributed by atoms with Crippen LogP contribution < -0.4 is 0 Å². The smallest absolute Gasteiger partial charge is 0.457 e. The highest BCUT2D eigenvalue weighted by molar-refractivity contribution is 7.47. The van der Waals surface area contributed by atoms with E-state index in [1.807, 2.05) is 0 Å².